The van der Waals surface area contributed by atoms with Crippen LogP contribution in [0.25, 0.3) is 0 Å². The van der Waals surface area contributed by atoms with Gasteiger partial charge in [-0.3, -0.25) is 0 Å². The Balaban J connectivity index is 3.88. The van der Waals surface area contributed by atoms with Gasteiger partial charge in [0.15, 0.2) is 0 Å². The van der Waals surface area contributed by atoms with E-state index in [-0.39, 0.29) is 12.2 Å². The van der Waals surface area contributed by atoms with E-state index in [1.165, 1.54) is 0 Å². The summed E-state index contributed by atoms with van der Waals surface area (Å²) in [4.78, 5) is 0. The van der Waals surface area contributed by atoms with Crippen LogP contribution in [-0.4, -0.2) is 48.9 Å². The molecule has 0 fully saturated rings. The van der Waals surface area contributed by atoms with Gasteiger partial charge in [0.2, 0.25) is 0 Å². The van der Waals surface area contributed by atoms with E-state index in [0.717, 1.165) is 12.5 Å². The molecule has 0 amide bonds. The monoisotopic (exact) mass is 250 g/mol. The van der Waals surface area contributed by atoms with Crippen LogP contribution in [-0.2, 0) is 18.3 Å². The number of methoxy groups -OCH3 is 2. The Labute approximate surface area is 101 Å². The van der Waals surface area contributed by atoms with Crippen molar-refractivity contribution in [3.63, 3.8) is 0 Å². The number of hydrogen-bond acceptors (Lipinski definition) is 4. The number of ether oxygens (including phenoxy) is 2. The fourth-order valence-electron chi connectivity index (χ4n) is 1.31. The minimum Gasteiger partial charge on any atom is -0.394 e. The van der Waals surface area contributed by atoms with Crippen molar-refractivity contribution in [2.45, 2.75) is 45.4 Å². The molecule has 0 rings (SSSR count). The highest BCUT2D eigenvalue weighted by Gasteiger charge is 2.17. The molecule has 2 unspecified atom stereocenters. The molecule has 0 aromatic carbocycles. The minimum absolute atomic E-state index is 0.00705. The number of rotatable bonds is 10. The summed E-state index contributed by atoms with van der Waals surface area (Å²) in [6.45, 7) is 7.36. The smallest absolute Gasteiger partial charge is 0.321 e. The maximum atomic E-state index is 5.81. The van der Waals surface area contributed by atoms with E-state index < -0.39 is 9.28 Å². The third-order valence-corrected chi connectivity index (χ3v) is 4.56. The number of hydrogen-bond donors (Lipinski definition) is 0. The Kier molecular flexibility index (Phi) is 10.3. The fraction of sp³-hybridized carbons (Fsp3) is 1.00. The molecule has 5 heteroatoms. The summed E-state index contributed by atoms with van der Waals surface area (Å²) in [5.74, 6) is 0. The van der Waals surface area contributed by atoms with Crippen LogP contribution in [0.15, 0.2) is 0 Å². The lowest BCUT2D eigenvalue weighted by Crippen LogP contribution is -2.32. The summed E-state index contributed by atoms with van der Waals surface area (Å²) >= 11 is 0. The topological polar surface area (TPSA) is 36.9 Å². The van der Waals surface area contributed by atoms with Crippen molar-refractivity contribution >= 4 is 9.28 Å². The van der Waals surface area contributed by atoms with Crippen LogP contribution in [0, 0.1) is 0 Å². The Morgan fingerprint density at radius 2 is 1.81 bits per heavy atom. The second-order valence-corrected chi connectivity index (χ2v) is 6.09. The predicted octanol–water partition coefficient (Wildman–Crippen LogP) is 1.72. The molecule has 16 heavy (non-hydrogen) atoms. The van der Waals surface area contributed by atoms with Crippen molar-refractivity contribution in [1.82, 2.24) is 0 Å². The summed E-state index contributed by atoms with van der Waals surface area (Å²) in [5, 5.41) is 0. The van der Waals surface area contributed by atoms with Crippen LogP contribution in [0.4, 0.5) is 0 Å². The summed E-state index contributed by atoms with van der Waals surface area (Å²) < 4.78 is 21.9. The average molecular weight is 250 g/mol. The fourth-order valence-corrected chi connectivity index (χ4v) is 3.20. The van der Waals surface area contributed by atoms with Crippen molar-refractivity contribution in [2.75, 3.05) is 27.4 Å². The van der Waals surface area contributed by atoms with Crippen LogP contribution in [0.1, 0.15) is 27.2 Å². The Morgan fingerprint density at radius 3 is 2.25 bits per heavy atom. The summed E-state index contributed by atoms with van der Waals surface area (Å²) in [6.07, 6.45) is 1.35. The van der Waals surface area contributed by atoms with Crippen LogP contribution >= 0.6 is 0 Å². The van der Waals surface area contributed by atoms with Gasteiger partial charge in [0.25, 0.3) is 0 Å². The minimum atomic E-state index is -1.52. The lowest BCUT2D eigenvalue weighted by molar-refractivity contribution is -0.00719. The Bertz CT molecular complexity index is 155. The molecule has 0 aromatic heterocycles. The second-order valence-electron chi connectivity index (χ2n) is 4.05. The van der Waals surface area contributed by atoms with Crippen LogP contribution in [0.5, 0.6) is 0 Å². The molecule has 0 aliphatic heterocycles. The van der Waals surface area contributed by atoms with Gasteiger partial charge in [0, 0.05) is 20.3 Å². The molecule has 0 heterocycles. The van der Waals surface area contributed by atoms with Gasteiger partial charge in [0.05, 0.1) is 13.2 Å². The average Bonchev–Trinajstić information content (AvgIpc) is 2.23. The molecule has 0 spiro atoms. The highest BCUT2D eigenvalue weighted by Crippen LogP contribution is 2.06. The third kappa shape index (κ3) is 8.24. The maximum Gasteiger partial charge on any atom is 0.321 e. The van der Waals surface area contributed by atoms with Gasteiger partial charge in [-0.25, -0.2) is 0 Å². The SMILES string of the molecule is CCC[SiH](OCC(COC)OC)OC(C)C. The van der Waals surface area contributed by atoms with Gasteiger partial charge in [-0.2, -0.15) is 0 Å². The molecular formula is C11H26O4Si. The summed E-state index contributed by atoms with van der Waals surface area (Å²) in [7, 11) is 1.82. The van der Waals surface area contributed by atoms with Crippen molar-refractivity contribution in [3.05, 3.63) is 0 Å². The third-order valence-electron chi connectivity index (χ3n) is 2.10. The standard InChI is InChI=1S/C11H26O4Si/c1-6-7-16(15-10(2)3)14-9-11(13-5)8-12-4/h10-11,16H,6-9H2,1-5H3. The lowest BCUT2D eigenvalue weighted by Gasteiger charge is -2.21. The van der Waals surface area contributed by atoms with Gasteiger partial charge in [0.1, 0.15) is 6.10 Å². The highest BCUT2D eigenvalue weighted by atomic mass is 28.3. The molecular weight excluding hydrogens is 224 g/mol. The van der Waals surface area contributed by atoms with Gasteiger partial charge < -0.3 is 18.3 Å². The zero-order valence-electron chi connectivity index (χ0n) is 11.2. The van der Waals surface area contributed by atoms with Gasteiger partial charge in [-0.15, -0.1) is 0 Å². The van der Waals surface area contributed by atoms with Crippen LogP contribution in [0.2, 0.25) is 6.04 Å². The first-order valence-corrected chi connectivity index (χ1v) is 7.68. The van der Waals surface area contributed by atoms with Crippen LogP contribution in [0.3, 0.4) is 0 Å². The van der Waals surface area contributed by atoms with E-state index >= 15 is 0 Å². The summed E-state index contributed by atoms with van der Waals surface area (Å²) in [5.41, 5.74) is 0. The van der Waals surface area contributed by atoms with E-state index in [9.17, 15) is 0 Å². The first-order chi connectivity index (χ1) is 7.63. The second kappa shape index (κ2) is 10.2. The van der Waals surface area contributed by atoms with Crippen molar-refractivity contribution in [3.8, 4) is 0 Å². The largest absolute Gasteiger partial charge is 0.394 e. The quantitative estimate of drug-likeness (QED) is 0.553. The molecule has 0 aliphatic carbocycles. The van der Waals surface area contributed by atoms with E-state index in [1.807, 2.05) is 13.8 Å². The first kappa shape index (κ1) is 16.1. The zero-order valence-corrected chi connectivity index (χ0v) is 12.3. The molecule has 0 bridgehead atoms. The molecule has 2 atom stereocenters. The van der Waals surface area contributed by atoms with E-state index in [4.69, 9.17) is 18.3 Å². The first-order valence-electron chi connectivity index (χ1n) is 5.92. The molecule has 0 saturated heterocycles. The Hall–Kier alpha value is 0.0569. The highest BCUT2D eigenvalue weighted by molar-refractivity contribution is 6.44. The van der Waals surface area contributed by atoms with E-state index in [0.29, 0.717) is 13.2 Å². The molecule has 0 saturated carbocycles. The van der Waals surface area contributed by atoms with Gasteiger partial charge >= 0.3 is 9.28 Å². The molecule has 0 aromatic rings. The molecule has 98 valence electrons. The molecule has 0 N–H and O–H groups in total. The molecule has 0 radical (unpaired) electrons. The Morgan fingerprint density at radius 1 is 1.12 bits per heavy atom. The van der Waals surface area contributed by atoms with Crippen molar-refractivity contribution in [1.29, 1.82) is 0 Å². The maximum absolute atomic E-state index is 5.81. The van der Waals surface area contributed by atoms with Gasteiger partial charge in [-0.05, 0) is 19.9 Å². The normalized spacial score (nSPS) is 15.4. The van der Waals surface area contributed by atoms with Crippen molar-refractivity contribution < 1.29 is 18.3 Å². The van der Waals surface area contributed by atoms with E-state index in [1.54, 1.807) is 14.2 Å². The zero-order chi connectivity index (χ0) is 12.4. The molecule has 0 aliphatic rings. The van der Waals surface area contributed by atoms with Crippen LogP contribution < -0.4 is 0 Å². The van der Waals surface area contributed by atoms with Gasteiger partial charge in [-0.1, -0.05) is 13.3 Å². The summed E-state index contributed by atoms with van der Waals surface area (Å²) in [6, 6.07) is 1.04. The molecule has 4 nitrogen and oxygen atoms in total. The predicted molar refractivity (Wildman–Crippen MR) is 67.1 cm³/mol. The van der Waals surface area contributed by atoms with Crippen molar-refractivity contribution in [2.24, 2.45) is 0 Å². The lowest BCUT2D eigenvalue weighted by atomic mass is 10.4. The van der Waals surface area contributed by atoms with E-state index in [2.05, 4.69) is 6.92 Å².